The predicted molar refractivity (Wildman–Crippen MR) is 80.7 cm³/mol. The molecule has 0 aromatic carbocycles. The van der Waals surface area contributed by atoms with Crippen molar-refractivity contribution in [3.63, 3.8) is 0 Å². The van der Waals surface area contributed by atoms with E-state index in [4.69, 9.17) is 9.52 Å². The van der Waals surface area contributed by atoms with Gasteiger partial charge in [-0.15, -0.1) is 5.10 Å². The van der Waals surface area contributed by atoms with Crippen molar-refractivity contribution in [1.82, 2.24) is 10.2 Å². The van der Waals surface area contributed by atoms with E-state index in [2.05, 4.69) is 24.0 Å². The average molecular weight is 282 g/mol. The van der Waals surface area contributed by atoms with E-state index in [1.165, 1.54) is 57.8 Å². The van der Waals surface area contributed by atoms with Crippen LogP contribution < -0.4 is 0 Å². The maximum atomic E-state index is 8.90. The fourth-order valence-electron chi connectivity index (χ4n) is 2.41. The molecule has 1 N–H and O–H groups in total. The smallest absolute Gasteiger partial charge is 0.412 e. The van der Waals surface area contributed by atoms with Crippen molar-refractivity contribution in [2.45, 2.75) is 84.5 Å². The molecule has 0 amide bonds. The van der Waals surface area contributed by atoms with Gasteiger partial charge in [-0.1, -0.05) is 76.7 Å². The zero-order valence-corrected chi connectivity index (χ0v) is 13.1. The van der Waals surface area contributed by atoms with Gasteiger partial charge in [-0.3, -0.25) is 0 Å². The van der Waals surface area contributed by atoms with Crippen molar-refractivity contribution in [2.75, 3.05) is 0 Å². The Morgan fingerprint density at radius 1 is 0.850 bits per heavy atom. The van der Waals surface area contributed by atoms with Crippen LogP contribution >= 0.6 is 0 Å². The van der Waals surface area contributed by atoms with E-state index in [1.54, 1.807) is 0 Å². The van der Waals surface area contributed by atoms with E-state index in [1.807, 2.05) is 0 Å². The van der Waals surface area contributed by atoms with Gasteiger partial charge in [0.2, 0.25) is 5.89 Å². The predicted octanol–water partition coefficient (Wildman–Crippen LogP) is 4.87. The quantitative estimate of drug-likeness (QED) is 0.555. The molecule has 0 saturated heterocycles. The first-order valence-electron chi connectivity index (χ1n) is 8.20. The normalized spacial score (nSPS) is 11.3. The molecule has 0 fully saturated rings. The Balaban J connectivity index is 1.79. The van der Waals surface area contributed by atoms with Gasteiger partial charge in [-0.2, -0.15) is 0 Å². The van der Waals surface area contributed by atoms with Crippen LogP contribution in [0, 0.1) is 5.92 Å². The first-order chi connectivity index (χ1) is 9.68. The summed E-state index contributed by atoms with van der Waals surface area (Å²) in [6.45, 7) is 4.60. The van der Waals surface area contributed by atoms with Gasteiger partial charge in [-0.25, -0.2) is 0 Å². The second-order valence-electron chi connectivity index (χ2n) is 6.09. The number of aromatic hydroxyl groups is 1. The monoisotopic (exact) mass is 282 g/mol. The molecular weight excluding hydrogens is 252 g/mol. The van der Waals surface area contributed by atoms with Crippen LogP contribution in [0.25, 0.3) is 0 Å². The maximum absolute atomic E-state index is 8.90. The third-order valence-electron chi connectivity index (χ3n) is 3.63. The lowest BCUT2D eigenvalue weighted by molar-refractivity contribution is 0.302. The van der Waals surface area contributed by atoms with Crippen LogP contribution in [0.3, 0.4) is 0 Å². The van der Waals surface area contributed by atoms with Gasteiger partial charge in [-0.05, 0) is 12.3 Å². The van der Waals surface area contributed by atoms with Crippen LogP contribution in [-0.4, -0.2) is 15.3 Å². The van der Waals surface area contributed by atoms with E-state index in [0.717, 1.165) is 18.8 Å². The van der Waals surface area contributed by atoms with Crippen LogP contribution in [0.2, 0.25) is 0 Å². The lowest BCUT2D eigenvalue weighted by Crippen LogP contribution is -1.88. The molecule has 20 heavy (non-hydrogen) atoms. The number of rotatable bonds is 12. The van der Waals surface area contributed by atoms with Gasteiger partial charge in [0, 0.05) is 6.42 Å². The topological polar surface area (TPSA) is 59.2 Å². The molecule has 0 aliphatic carbocycles. The van der Waals surface area contributed by atoms with Crippen molar-refractivity contribution in [2.24, 2.45) is 5.92 Å². The molecule has 0 bridgehead atoms. The minimum atomic E-state index is -0.322. The standard InChI is InChI=1S/C16H30N2O2/c1-14(2)12-10-8-6-4-3-5-7-9-11-13-15-17-18-16(19)20-15/h14H,3-13H2,1-2H3,(H,18,19). The second-order valence-corrected chi connectivity index (χ2v) is 6.09. The van der Waals surface area contributed by atoms with Crippen LogP contribution in [0.15, 0.2) is 4.42 Å². The molecule has 0 atom stereocenters. The summed E-state index contributed by atoms with van der Waals surface area (Å²) in [5.74, 6) is 1.41. The molecule has 1 rings (SSSR count). The summed E-state index contributed by atoms with van der Waals surface area (Å²) in [4.78, 5) is 0. The van der Waals surface area contributed by atoms with Crippen LogP contribution in [0.5, 0.6) is 6.08 Å². The summed E-state index contributed by atoms with van der Waals surface area (Å²) in [5.41, 5.74) is 0. The van der Waals surface area contributed by atoms with E-state index < -0.39 is 0 Å². The Hall–Kier alpha value is -1.06. The van der Waals surface area contributed by atoms with Crippen molar-refractivity contribution in [1.29, 1.82) is 0 Å². The second kappa shape index (κ2) is 10.7. The van der Waals surface area contributed by atoms with Gasteiger partial charge in [0.25, 0.3) is 0 Å². The highest BCUT2D eigenvalue weighted by molar-refractivity contribution is 4.82. The molecule has 0 aliphatic rings. The SMILES string of the molecule is CC(C)CCCCCCCCCCCc1nnc(O)o1. The van der Waals surface area contributed by atoms with Crippen LogP contribution in [0.1, 0.15) is 83.9 Å². The Morgan fingerprint density at radius 2 is 1.40 bits per heavy atom. The van der Waals surface area contributed by atoms with Gasteiger partial charge < -0.3 is 9.52 Å². The van der Waals surface area contributed by atoms with Gasteiger partial charge >= 0.3 is 6.08 Å². The summed E-state index contributed by atoms with van der Waals surface area (Å²) >= 11 is 0. The number of aromatic nitrogens is 2. The zero-order valence-electron chi connectivity index (χ0n) is 13.1. The highest BCUT2D eigenvalue weighted by Gasteiger charge is 2.03. The number of unbranched alkanes of at least 4 members (excludes halogenated alkanes) is 8. The van der Waals surface area contributed by atoms with Crippen molar-refractivity contribution in [3.05, 3.63) is 5.89 Å². The molecule has 0 unspecified atom stereocenters. The molecule has 116 valence electrons. The lowest BCUT2D eigenvalue weighted by atomic mass is 10.0. The first kappa shape index (κ1) is 17.0. The third kappa shape index (κ3) is 8.94. The number of hydrogen-bond acceptors (Lipinski definition) is 4. The van der Waals surface area contributed by atoms with E-state index in [0.29, 0.717) is 5.89 Å². The Labute approximate surface area is 123 Å². The third-order valence-corrected chi connectivity index (χ3v) is 3.63. The Bertz CT molecular complexity index is 337. The van der Waals surface area contributed by atoms with Crippen molar-refractivity contribution < 1.29 is 9.52 Å². The molecule has 1 aromatic heterocycles. The summed E-state index contributed by atoms with van der Waals surface area (Å²) in [6, 6.07) is 0. The van der Waals surface area contributed by atoms with E-state index in [9.17, 15) is 0 Å². The fraction of sp³-hybridized carbons (Fsp3) is 0.875. The summed E-state index contributed by atoms with van der Waals surface area (Å²) in [7, 11) is 0. The van der Waals surface area contributed by atoms with Crippen LogP contribution in [-0.2, 0) is 6.42 Å². The average Bonchev–Trinajstić information content (AvgIpc) is 2.81. The molecule has 0 aliphatic heterocycles. The van der Waals surface area contributed by atoms with Crippen molar-refractivity contribution >= 4 is 0 Å². The van der Waals surface area contributed by atoms with Gasteiger partial charge in [0.15, 0.2) is 0 Å². The maximum Gasteiger partial charge on any atom is 0.412 e. The van der Waals surface area contributed by atoms with Gasteiger partial charge in [0.1, 0.15) is 0 Å². The highest BCUT2D eigenvalue weighted by atomic mass is 16.5. The molecule has 0 saturated carbocycles. The number of hydrogen-bond donors (Lipinski definition) is 1. The molecule has 0 spiro atoms. The Morgan fingerprint density at radius 3 is 1.90 bits per heavy atom. The highest BCUT2D eigenvalue weighted by Crippen LogP contribution is 2.14. The van der Waals surface area contributed by atoms with E-state index >= 15 is 0 Å². The molecule has 4 heteroatoms. The lowest BCUT2D eigenvalue weighted by Gasteiger charge is -2.04. The van der Waals surface area contributed by atoms with E-state index in [-0.39, 0.29) is 6.08 Å². The zero-order chi connectivity index (χ0) is 14.6. The molecule has 1 heterocycles. The van der Waals surface area contributed by atoms with Crippen molar-refractivity contribution in [3.8, 4) is 6.08 Å². The first-order valence-corrected chi connectivity index (χ1v) is 8.20. The molecule has 0 radical (unpaired) electrons. The minimum Gasteiger partial charge on any atom is -0.465 e. The number of nitrogens with zero attached hydrogens (tertiary/aromatic N) is 2. The number of aryl methyl sites for hydroxylation is 1. The molecular formula is C16H30N2O2. The van der Waals surface area contributed by atoms with Gasteiger partial charge in [0.05, 0.1) is 0 Å². The Kier molecular flexibility index (Phi) is 9.09. The fourth-order valence-corrected chi connectivity index (χ4v) is 2.41. The molecule has 4 nitrogen and oxygen atoms in total. The summed E-state index contributed by atoms with van der Waals surface area (Å²) < 4.78 is 4.92. The summed E-state index contributed by atoms with van der Waals surface area (Å²) in [5, 5.41) is 16.1. The summed E-state index contributed by atoms with van der Waals surface area (Å²) in [6.07, 6.45) is 13.7. The largest absolute Gasteiger partial charge is 0.465 e. The molecule has 1 aromatic rings. The minimum absolute atomic E-state index is 0.322. The van der Waals surface area contributed by atoms with Crippen LogP contribution in [0.4, 0.5) is 0 Å².